The molecule has 0 saturated carbocycles. The Balaban J connectivity index is 1.59. The SMILES string of the molecule is C[C@@H](Cc1ccc2c(c1)OCO2)NC(=O)[C@@H]1CCCN1C(=O)C(F)(F)F. The van der Waals surface area contributed by atoms with Gasteiger partial charge in [-0.2, -0.15) is 13.2 Å². The minimum absolute atomic E-state index is 0.0625. The van der Waals surface area contributed by atoms with Gasteiger partial charge in [0.2, 0.25) is 12.7 Å². The minimum atomic E-state index is -4.97. The van der Waals surface area contributed by atoms with E-state index in [1.807, 2.05) is 6.07 Å². The van der Waals surface area contributed by atoms with Crippen molar-refractivity contribution in [2.24, 2.45) is 0 Å². The van der Waals surface area contributed by atoms with E-state index in [0.717, 1.165) is 5.56 Å². The normalized spacial score (nSPS) is 20.2. The Morgan fingerprint density at radius 1 is 1.31 bits per heavy atom. The number of hydrogen-bond donors (Lipinski definition) is 1. The summed E-state index contributed by atoms with van der Waals surface area (Å²) in [5.41, 5.74) is 0.900. The van der Waals surface area contributed by atoms with Crippen LogP contribution in [-0.4, -0.2) is 48.3 Å². The summed E-state index contributed by atoms with van der Waals surface area (Å²) in [5, 5.41) is 2.70. The summed E-state index contributed by atoms with van der Waals surface area (Å²) in [6.45, 7) is 1.86. The molecule has 3 rings (SSSR count). The lowest BCUT2D eigenvalue weighted by atomic mass is 10.1. The van der Waals surface area contributed by atoms with Crippen LogP contribution in [0.5, 0.6) is 11.5 Å². The average molecular weight is 372 g/mol. The number of amides is 2. The summed E-state index contributed by atoms with van der Waals surface area (Å²) < 4.78 is 48.5. The Bertz CT molecular complexity index is 708. The molecule has 2 amide bonds. The summed E-state index contributed by atoms with van der Waals surface area (Å²) in [4.78, 5) is 24.4. The molecule has 2 aliphatic rings. The molecule has 1 N–H and O–H groups in total. The molecule has 0 aromatic heterocycles. The molecule has 26 heavy (non-hydrogen) atoms. The van der Waals surface area contributed by atoms with E-state index in [9.17, 15) is 22.8 Å². The van der Waals surface area contributed by atoms with Gasteiger partial charge in [-0.05, 0) is 43.9 Å². The van der Waals surface area contributed by atoms with Crippen LogP contribution in [-0.2, 0) is 16.0 Å². The van der Waals surface area contributed by atoms with Crippen molar-refractivity contribution in [3.8, 4) is 11.5 Å². The number of benzene rings is 1. The third kappa shape index (κ3) is 3.86. The van der Waals surface area contributed by atoms with Gasteiger partial charge >= 0.3 is 12.1 Å². The standard InChI is InChI=1S/C17H19F3N2O4/c1-10(7-11-4-5-13-14(8-11)26-9-25-13)21-15(23)12-3-2-6-22(12)16(24)17(18,19)20/h4-5,8,10,12H,2-3,6-7,9H2,1H3,(H,21,23)/t10-,12-/m0/s1. The maximum Gasteiger partial charge on any atom is 0.471 e. The van der Waals surface area contributed by atoms with Gasteiger partial charge in [0.25, 0.3) is 0 Å². The van der Waals surface area contributed by atoms with E-state index in [2.05, 4.69) is 5.32 Å². The highest BCUT2D eigenvalue weighted by atomic mass is 19.4. The predicted molar refractivity (Wildman–Crippen MR) is 84.7 cm³/mol. The molecule has 2 heterocycles. The third-order valence-electron chi connectivity index (χ3n) is 4.43. The molecule has 1 fully saturated rings. The van der Waals surface area contributed by atoms with Gasteiger partial charge in [-0.25, -0.2) is 0 Å². The first-order valence-electron chi connectivity index (χ1n) is 8.32. The molecule has 2 aliphatic heterocycles. The zero-order valence-electron chi connectivity index (χ0n) is 14.1. The average Bonchev–Trinajstić information content (AvgIpc) is 3.21. The van der Waals surface area contributed by atoms with Crippen LogP contribution in [0.4, 0.5) is 13.2 Å². The highest BCUT2D eigenvalue weighted by Gasteiger charge is 2.47. The van der Waals surface area contributed by atoms with Crippen LogP contribution in [0.3, 0.4) is 0 Å². The molecule has 1 saturated heterocycles. The van der Waals surface area contributed by atoms with Gasteiger partial charge in [0.05, 0.1) is 0 Å². The summed E-state index contributed by atoms with van der Waals surface area (Å²) in [6.07, 6.45) is -3.90. The number of ether oxygens (including phenoxy) is 2. The fraction of sp³-hybridized carbons (Fsp3) is 0.529. The number of rotatable bonds is 4. The largest absolute Gasteiger partial charge is 0.471 e. The molecule has 2 atom stereocenters. The smallest absolute Gasteiger partial charge is 0.454 e. The number of halogens is 3. The summed E-state index contributed by atoms with van der Waals surface area (Å²) in [7, 11) is 0. The van der Waals surface area contributed by atoms with E-state index in [4.69, 9.17) is 9.47 Å². The Morgan fingerprint density at radius 2 is 2.04 bits per heavy atom. The van der Waals surface area contributed by atoms with Gasteiger partial charge in [-0.1, -0.05) is 6.07 Å². The molecule has 1 aromatic carbocycles. The van der Waals surface area contributed by atoms with Crippen LogP contribution in [0.1, 0.15) is 25.3 Å². The lowest BCUT2D eigenvalue weighted by Gasteiger charge is -2.26. The Morgan fingerprint density at radius 3 is 2.77 bits per heavy atom. The first-order chi connectivity index (χ1) is 12.3. The molecule has 142 valence electrons. The predicted octanol–water partition coefficient (Wildman–Crippen LogP) is 2.02. The van der Waals surface area contributed by atoms with Crippen LogP contribution < -0.4 is 14.8 Å². The fourth-order valence-corrected chi connectivity index (χ4v) is 3.26. The number of carbonyl (C=O) groups is 2. The van der Waals surface area contributed by atoms with E-state index in [1.165, 1.54) is 0 Å². The van der Waals surface area contributed by atoms with Crippen molar-refractivity contribution in [1.82, 2.24) is 10.2 Å². The molecular weight excluding hydrogens is 353 g/mol. The molecule has 0 spiro atoms. The van der Waals surface area contributed by atoms with Crippen LogP contribution >= 0.6 is 0 Å². The zero-order valence-corrected chi connectivity index (χ0v) is 14.1. The molecule has 0 radical (unpaired) electrons. The molecule has 1 aromatic rings. The van der Waals surface area contributed by atoms with Crippen LogP contribution in [0.15, 0.2) is 18.2 Å². The van der Waals surface area contributed by atoms with Gasteiger partial charge < -0.3 is 19.7 Å². The van der Waals surface area contributed by atoms with E-state index < -0.39 is 24.0 Å². The molecule has 0 aliphatic carbocycles. The van der Waals surface area contributed by atoms with E-state index in [1.54, 1.807) is 19.1 Å². The Hall–Kier alpha value is -2.45. The minimum Gasteiger partial charge on any atom is -0.454 e. The molecule has 6 nitrogen and oxygen atoms in total. The second kappa shape index (κ2) is 7.05. The van der Waals surface area contributed by atoms with E-state index in [-0.39, 0.29) is 25.8 Å². The van der Waals surface area contributed by atoms with Gasteiger partial charge in [-0.15, -0.1) is 0 Å². The van der Waals surface area contributed by atoms with Gasteiger partial charge in [0.15, 0.2) is 11.5 Å². The molecule has 9 heteroatoms. The number of fused-ring (bicyclic) bond motifs is 1. The quantitative estimate of drug-likeness (QED) is 0.878. The topological polar surface area (TPSA) is 67.9 Å². The summed E-state index contributed by atoms with van der Waals surface area (Å²) >= 11 is 0. The number of nitrogens with one attached hydrogen (secondary N) is 1. The van der Waals surface area contributed by atoms with Crippen molar-refractivity contribution < 1.29 is 32.2 Å². The highest BCUT2D eigenvalue weighted by Crippen LogP contribution is 2.32. The maximum atomic E-state index is 12.7. The first-order valence-corrected chi connectivity index (χ1v) is 8.32. The number of carbonyl (C=O) groups excluding carboxylic acids is 2. The van der Waals surface area contributed by atoms with Crippen molar-refractivity contribution >= 4 is 11.8 Å². The molecule has 0 bridgehead atoms. The van der Waals surface area contributed by atoms with E-state index in [0.29, 0.717) is 29.2 Å². The zero-order chi connectivity index (χ0) is 18.9. The number of alkyl halides is 3. The van der Waals surface area contributed by atoms with Crippen molar-refractivity contribution in [3.05, 3.63) is 23.8 Å². The summed E-state index contributed by atoms with van der Waals surface area (Å²) in [5.74, 6) is -1.25. The molecule has 0 unspecified atom stereocenters. The highest BCUT2D eigenvalue weighted by molar-refractivity contribution is 5.90. The third-order valence-corrected chi connectivity index (χ3v) is 4.43. The van der Waals surface area contributed by atoms with Crippen molar-refractivity contribution in [3.63, 3.8) is 0 Å². The number of likely N-dealkylation sites (tertiary alicyclic amines) is 1. The van der Waals surface area contributed by atoms with Crippen molar-refractivity contribution in [1.29, 1.82) is 0 Å². The van der Waals surface area contributed by atoms with Crippen molar-refractivity contribution in [2.45, 2.75) is 44.4 Å². The maximum absolute atomic E-state index is 12.7. The van der Waals surface area contributed by atoms with Gasteiger partial charge in [0, 0.05) is 12.6 Å². The van der Waals surface area contributed by atoms with Crippen molar-refractivity contribution in [2.75, 3.05) is 13.3 Å². The first kappa shape index (κ1) is 18.3. The summed E-state index contributed by atoms with van der Waals surface area (Å²) in [6, 6.07) is 4.02. The lowest BCUT2D eigenvalue weighted by Crippen LogP contribution is -2.51. The van der Waals surface area contributed by atoms with Crippen LogP contribution in [0.2, 0.25) is 0 Å². The second-order valence-electron chi connectivity index (χ2n) is 6.46. The van der Waals surface area contributed by atoms with Crippen LogP contribution in [0, 0.1) is 0 Å². The lowest BCUT2D eigenvalue weighted by molar-refractivity contribution is -0.186. The molecular formula is C17H19F3N2O4. The fourth-order valence-electron chi connectivity index (χ4n) is 3.26. The Kier molecular flexibility index (Phi) is 4.97. The van der Waals surface area contributed by atoms with Gasteiger partial charge in [-0.3, -0.25) is 9.59 Å². The number of hydrogen-bond acceptors (Lipinski definition) is 4. The number of nitrogens with zero attached hydrogens (tertiary/aromatic N) is 1. The van der Waals surface area contributed by atoms with Crippen LogP contribution in [0.25, 0.3) is 0 Å². The van der Waals surface area contributed by atoms with E-state index >= 15 is 0 Å². The second-order valence-corrected chi connectivity index (χ2v) is 6.46. The van der Waals surface area contributed by atoms with Gasteiger partial charge in [0.1, 0.15) is 6.04 Å². The monoisotopic (exact) mass is 372 g/mol. The Labute approximate surface area is 148 Å².